The summed E-state index contributed by atoms with van der Waals surface area (Å²) >= 11 is 0. The highest BCUT2D eigenvalue weighted by molar-refractivity contribution is 6.35. The molecule has 0 saturated carbocycles. The van der Waals surface area contributed by atoms with Crippen LogP contribution in [-0.2, 0) is 11.2 Å². The molecule has 1 aromatic carbocycles. The quantitative estimate of drug-likeness (QED) is 0.419. The van der Waals surface area contributed by atoms with E-state index < -0.39 is 12.1 Å². The van der Waals surface area contributed by atoms with Gasteiger partial charge in [0.2, 0.25) is 0 Å². The van der Waals surface area contributed by atoms with Gasteiger partial charge in [-0.25, -0.2) is 0 Å². The predicted molar refractivity (Wildman–Crippen MR) is 82.9 cm³/mol. The third kappa shape index (κ3) is 2.89. The molecule has 0 bridgehead atoms. The van der Waals surface area contributed by atoms with Crippen LogP contribution in [0.3, 0.4) is 0 Å². The summed E-state index contributed by atoms with van der Waals surface area (Å²) in [6.45, 7) is 0.331. The normalized spacial score (nSPS) is 18.7. The molecule has 1 atom stereocenters. The SMILES string of the molecule is COc1cc2c(c(OC)c1)C(N)N(C(=N)C(N)=O)C/C=C\C2. The molecule has 7 heteroatoms. The summed E-state index contributed by atoms with van der Waals surface area (Å²) in [5, 5.41) is 7.86. The molecule has 1 aliphatic heterocycles. The molecular formula is C15H20N4O3. The number of carbonyl (C=O) groups is 1. The molecule has 0 fully saturated rings. The number of primary amides is 1. The predicted octanol–water partition coefficient (Wildman–Crippen LogP) is 0.538. The molecule has 1 heterocycles. The Hall–Kier alpha value is -2.54. The molecule has 1 amide bonds. The van der Waals surface area contributed by atoms with Crippen LogP contribution in [0, 0.1) is 5.41 Å². The van der Waals surface area contributed by atoms with Gasteiger partial charge in [-0.05, 0) is 18.1 Å². The van der Waals surface area contributed by atoms with E-state index in [2.05, 4.69) is 0 Å². The second kappa shape index (κ2) is 6.48. The number of nitrogens with two attached hydrogens (primary N) is 2. The Morgan fingerprint density at radius 3 is 2.64 bits per heavy atom. The van der Waals surface area contributed by atoms with Crippen LogP contribution >= 0.6 is 0 Å². The topological polar surface area (TPSA) is 115 Å². The molecule has 0 aliphatic carbocycles. The number of rotatable bonds is 2. The van der Waals surface area contributed by atoms with Crippen molar-refractivity contribution in [2.75, 3.05) is 20.8 Å². The Labute approximate surface area is 129 Å². The second-order valence-electron chi connectivity index (χ2n) is 4.89. The van der Waals surface area contributed by atoms with Crippen molar-refractivity contribution in [1.82, 2.24) is 4.90 Å². The van der Waals surface area contributed by atoms with Crippen molar-refractivity contribution in [3.05, 3.63) is 35.4 Å². The van der Waals surface area contributed by atoms with Crippen LogP contribution in [0.5, 0.6) is 11.5 Å². The maximum Gasteiger partial charge on any atom is 0.283 e. The van der Waals surface area contributed by atoms with Gasteiger partial charge < -0.3 is 25.8 Å². The number of allylic oxidation sites excluding steroid dienone is 1. The van der Waals surface area contributed by atoms with Crippen LogP contribution in [0.1, 0.15) is 17.3 Å². The Morgan fingerprint density at radius 1 is 1.32 bits per heavy atom. The molecule has 1 aliphatic rings. The number of hydrogen-bond donors (Lipinski definition) is 3. The van der Waals surface area contributed by atoms with Gasteiger partial charge in [0, 0.05) is 18.2 Å². The molecule has 118 valence electrons. The van der Waals surface area contributed by atoms with Gasteiger partial charge in [0.15, 0.2) is 5.84 Å². The van der Waals surface area contributed by atoms with Gasteiger partial charge in [-0.2, -0.15) is 0 Å². The van der Waals surface area contributed by atoms with Gasteiger partial charge in [-0.3, -0.25) is 10.2 Å². The largest absolute Gasteiger partial charge is 0.497 e. The number of nitrogens with one attached hydrogen (secondary N) is 1. The third-order valence-electron chi connectivity index (χ3n) is 3.62. The maximum atomic E-state index is 11.3. The maximum absolute atomic E-state index is 11.3. The standard InChI is InChI=1S/C15H20N4O3/c1-21-10-7-9-5-3-4-6-19(14(17)15(18)20)13(16)12(9)11(8-10)22-2/h3-4,7-8,13,17H,5-6,16H2,1-2H3,(H2,18,20)/b4-3-,17-14?. The van der Waals surface area contributed by atoms with E-state index >= 15 is 0 Å². The second-order valence-corrected chi connectivity index (χ2v) is 4.89. The smallest absolute Gasteiger partial charge is 0.283 e. The van der Waals surface area contributed by atoms with E-state index in [1.54, 1.807) is 20.3 Å². The average molecular weight is 304 g/mol. The molecule has 0 aromatic heterocycles. The van der Waals surface area contributed by atoms with Crippen molar-refractivity contribution in [3.8, 4) is 11.5 Å². The number of carbonyl (C=O) groups excluding carboxylic acids is 1. The van der Waals surface area contributed by atoms with Gasteiger partial charge in [-0.1, -0.05) is 12.2 Å². The fourth-order valence-electron chi connectivity index (χ4n) is 2.49. The zero-order valence-corrected chi connectivity index (χ0v) is 12.6. The summed E-state index contributed by atoms with van der Waals surface area (Å²) in [6, 6.07) is 3.61. The highest BCUT2D eigenvalue weighted by atomic mass is 16.5. The lowest BCUT2D eigenvalue weighted by Gasteiger charge is -2.32. The Balaban J connectivity index is 2.56. The van der Waals surface area contributed by atoms with Crippen molar-refractivity contribution in [2.24, 2.45) is 11.5 Å². The molecular weight excluding hydrogens is 284 g/mol. The van der Waals surface area contributed by atoms with Crippen molar-refractivity contribution in [3.63, 3.8) is 0 Å². The van der Waals surface area contributed by atoms with Crippen LogP contribution < -0.4 is 20.9 Å². The number of benzene rings is 1. The minimum Gasteiger partial charge on any atom is -0.497 e. The summed E-state index contributed by atoms with van der Waals surface area (Å²) in [7, 11) is 3.12. The highest BCUT2D eigenvalue weighted by Gasteiger charge is 2.27. The van der Waals surface area contributed by atoms with Gasteiger partial charge in [0.25, 0.3) is 5.91 Å². The van der Waals surface area contributed by atoms with Crippen LogP contribution in [0.4, 0.5) is 0 Å². The first-order valence-electron chi connectivity index (χ1n) is 6.80. The van der Waals surface area contributed by atoms with Crippen LogP contribution in [0.2, 0.25) is 0 Å². The summed E-state index contributed by atoms with van der Waals surface area (Å²) < 4.78 is 10.7. The van der Waals surface area contributed by atoms with Gasteiger partial charge >= 0.3 is 0 Å². The molecule has 1 aromatic rings. The van der Waals surface area contributed by atoms with Gasteiger partial charge in [-0.15, -0.1) is 0 Å². The summed E-state index contributed by atoms with van der Waals surface area (Å²) in [4.78, 5) is 12.8. The first kappa shape index (κ1) is 15.8. The average Bonchev–Trinajstić information content (AvgIpc) is 2.50. The Morgan fingerprint density at radius 2 is 2.05 bits per heavy atom. The molecule has 0 spiro atoms. The van der Waals surface area contributed by atoms with E-state index in [9.17, 15) is 4.79 Å². The van der Waals surface area contributed by atoms with E-state index in [1.165, 1.54) is 4.90 Å². The van der Waals surface area contributed by atoms with Crippen molar-refractivity contribution in [2.45, 2.75) is 12.6 Å². The first-order chi connectivity index (χ1) is 10.5. The van der Waals surface area contributed by atoms with E-state index in [1.807, 2.05) is 18.2 Å². The molecule has 0 radical (unpaired) electrons. The van der Waals surface area contributed by atoms with Gasteiger partial charge in [0.1, 0.15) is 17.7 Å². The Bertz CT molecular complexity index is 627. The first-order valence-corrected chi connectivity index (χ1v) is 6.80. The molecule has 5 N–H and O–H groups in total. The van der Waals surface area contributed by atoms with Crippen molar-refractivity contribution < 1.29 is 14.3 Å². The lowest BCUT2D eigenvalue weighted by atomic mass is 9.98. The fourth-order valence-corrected chi connectivity index (χ4v) is 2.49. The summed E-state index contributed by atoms with van der Waals surface area (Å²) in [5.74, 6) is 0.0639. The highest BCUT2D eigenvalue weighted by Crippen LogP contribution is 2.35. The number of ether oxygens (including phenoxy) is 2. The van der Waals surface area contributed by atoms with Crippen molar-refractivity contribution >= 4 is 11.7 Å². The van der Waals surface area contributed by atoms with Crippen molar-refractivity contribution in [1.29, 1.82) is 5.41 Å². The minimum atomic E-state index is -0.821. The van der Waals surface area contributed by atoms with E-state index in [0.717, 1.165) is 11.1 Å². The molecule has 2 rings (SSSR count). The van der Waals surface area contributed by atoms with Crippen LogP contribution in [0.15, 0.2) is 24.3 Å². The minimum absolute atomic E-state index is 0.331. The van der Waals surface area contributed by atoms with Gasteiger partial charge in [0.05, 0.1) is 14.2 Å². The zero-order chi connectivity index (χ0) is 16.3. The van der Waals surface area contributed by atoms with Crippen LogP contribution in [-0.4, -0.2) is 37.4 Å². The number of methoxy groups -OCH3 is 2. The molecule has 7 nitrogen and oxygen atoms in total. The molecule has 22 heavy (non-hydrogen) atoms. The molecule has 1 unspecified atom stereocenters. The molecule has 0 saturated heterocycles. The Kier molecular flexibility index (Phi) is 4.67. The zero-order valence-electron chi connectivity index (χ0n) is 12.6. The number of amidine groups is 1. The fraction of sp³-hybridized carbons (Fsp3) is 0.333. The van der Waals surface area contributed by atoms with Crippen LogP contribution in [0.25, 0.3) is 0 Å². The monoisotopic (exact) mass is 304 g/mol. The van der Waals surface area contributed by atoms with E-state index in [0.29, 0.717) is 24.5 Å². The number of nitrogens with zero attached hydrogens (tertiary/aromatic N) is 1. The summed E-state index contributed by atoms with van der Waals surface area (Å²) in [6.07, 6.45) is 3.76. The lowest BCUT2D eigenvalue weighted by Crippen LogP contribution is -2.46. The number of fused-ring (bicyclic) bond motifs is 1. The lowest BCUT2D eigenvalue weighted by molar-refractivity contribution is -0.112. The summed E-state index contributed by atoms with van der Waals surface area (Å²) in [5.41, 5.74) is 13.1. The number of amides is 1. The van der Waals surface area contributed by atoms with E-state index in [4.69, 9.17) is 26.4 Å². The number of hydrogen-bond acceptors (Lipinski definition) is 5. The third-order valence-corrected chi connectivity index (χ3v) is 3.62. The van der Waals surface area contributed by atoms with E-state index in [-0.39, 0.29) is 5.84 Å².